The summed E-state index contributed by atoms with van der Waals surface area (Å²) in [4.78, 5) is 19.9. The molecule has 5 rings (SSSR count). The number of carbonyl (C=O) groups excluding carboxylic acids is 1. The van der Waals surface area contributed by atoms with Crippen LogP contribution >= 0.6 is 0 Å². The minimum Gasteiger partial charge on any atom is -0.355 e. The third-order valence-corrected chi connectivity index (χ3v) is 6.62. The largest absolute Gasteiger partial charge is 0.355 e. The summed E-state index contributed by atoms with van der Waals surface area (Å²) in [6.07, 6.45) is 10.1. The van der Waals surface area contributed by atoms with E-state index in [0.29, 0.717) is 0 Å². The standard InChI is InChI=1S/C24H29N5O/c1-17(18-7-3-2-4-8-18)26-24(30)19-11-14-28(15-12-19)23-22-20-9-5-6-10-21(20)27-29(22)16-13-25-23/h2-4,7-8,13,16-17,19H,5-6,9-12,14-15H2,1H3,(H,26,30)/t17-/m1/s1. The predicted molar refractivity (Wildman–Crippen MR) is 118 cm³/mol. The third-order valence-electron chi connectivity index (χ3n) is 6.62. The zero-order valence-electron chi connectivity index (χ0n) is 17.6. The van der Waals surface area contributed by atoms with Crippen LogP contribution in [0.4, 0.5) is 5.82 Å². The Kier molecular flexibility index (Phi) is 5.15. The zero-order valence-corrected chi connectivity index (χ0v) is 17.6. The molecule has 1 amide bonds. The van der Waals surface area contributed by atoms with Crippen molar-refractivity contribution in [1.29, 1.82) is 0 Å². The van der Waals surface area contributed by atoms with E-state index in [-0.39, 0.29) is 17.9 Å². The van der Waals surface area contributed by atoms with Crippen molar-refractivity contribution in [2.45, 2.75) is 51.5 Å². The molecule has 2 aliphatic rings. The lowest BCUT2D eigenvalue weighted by atomic mass is 9.94. The number of aryl methyl sites for hydroxylation is 2. The molecular weight excluding hydrogens is 374 g/mol. The highest BCUT2D eigenvalue weighted by atomic mass is 16.1. The minimum atomic E-state index is 0.0328. The van der Waals surface area contributed by atoms with Gasteiger partial charge in [-0.05, 0) is 51.0 Å². The molecular formula is C24H29N5O. The molecule has 0 spiro atoms. The van der Waals surface area contributed by atoms with Crippen LogP contribution < -0.4 is 10.2 Å². The number of amides is 1. The number of hydrogen-bond acceptors (Lipinski definition) is 4. The van der Waals surface area contributed by atoms with Crippen LogP contribution in [0, 0.1) is 5.92 Å². The smallest absolute Gasteiger partial charge is 0.223 e. The van der Waals surface area contributed by atoms with Gasteiger partial charge in [-0.25, -0.2) is 9.50 Å². The summed E-state index contributed by atoms with van der Waals surface area (Å²) in [6, 6.07) is 10.2. The van der Waals surface area contributed by atoms with Crippen LogP contribution in [0.1, 0.15) is 55.5 Å². The number of rotatable bonds is 4. The molecule has 3 aromatic rings. The van der Waals surface area contributed by atoms with Crippen LogP contribution in [0.5, 0.6) is 0 Å². The highest BCUT2D eigenvalue weighted by molar-refractivity contribution is 5.80. The van der Waals surface area contributed by atoms with E-state index >= 15 is 0 Å². The quantitative estimate of drug-likeness (QED) is 0.722. The second-order valence-electron chi connectivity index (χ2n) is 8.58. The van der Waals surface area contributed by atoms with E-state index in [1.807, 2.05) is 35.1 Å². The van der Waals surface area contributed by atoms with Crippen molar-refractivity contribution in [3.63, 3.8) is 0 Å². The maximum absolute atomic E-state index is 12.8. The number of hydrogen-bond donors (Lipinski definition) is 1. The predicted octanol–water partition coefficient (Wildman–Crippen LogP) is 3.70. The van der Waals surface area contributed by atoms with Gasteiger partial charge in [-0.1, -0.05) is 30.3 Å². The fourth-order valence-electron chi connectivity index (χ4n) is 4.89. The summed E-state index contributed by atoms with van der Waals surface area (Å²) in [5, 5.41) is 8.00. The molecule has 1 aliphatic heterocycles. The molecule has 1 saturated heterocycles. The molecule has 1 fully saturated rings. The molecule has 156 valence electrons. The van der Waals surface area contributed by atoms with Gasteiger partial charge in [-0.3, -0.25) is 4.79 Å². The van der Waals surface area contributed by atoms with E-state index in [0.717, 1.165) is 50.2 Å². The van der Waals surface area contributed by atoms with Crippen LogP contribution in [0.15, 0.2) is 42.7 Å². The molecule has 30 heavy (non-hydrogen) atoms. The van der Waals surface area contributed by atoms with E-state index in [9.17, 15) is 4.79 Å². The average Bonchev–Trinajstić information content (AvgIpc) is 3.18. The maximum atomic E-state index is 12.8. The summed E-state index contributed by atoms with van der Waals surface area (Å²) >= 11 is 0. The van der Waals surface area contributed by atoms with Crippen molar-refractivity contribution in [2.24, 2.45) is 5.92 Å². The van der Waals surface area contributed by atoms with Gasteiger partial charge >= 0.3 is 0 Å². The Labute approximate surface area is 177 Å². The highest BCUT2D eigenvalue weighted by Gasteiger charge is 2.29. The molecule has 1 aliphatic carbocycles. The topological polar surface area (TPSA) is 62.5 Å². The number of aromatic nitrogens is 3. The second-order valence-corrected chi connectivity index (χ2v) is 8.58. The van der Waals surface area contributed by atoms with Crippen molar-refractivity contribution in [3.8, 4) is 0 Å². The van der Waals surface area contributed by atoms with E-state index in [2.05, 4.69) is 29.3 Å². The lowest BCUT2D eigenvalue weighted by molar-refractivity contribution is -0.126. The first-order chi connectivity index (χ1) is 14.7. The van der Waals surface area contributed by atoms with E-state index in [1.165, 1.54) is 29.6 Å². The van der Waals surface area contributed by atoms with Crippen molar-refractivity contribution < 1.29 is 4.79 Å². The van der Waals surface area contributed by atoms with E-state index < -0.39 is 0 Å². The van der Waals surface area contributed by atoms with E-state index in [4.69, 9.17) is 10.1 Å². The van der Waals surface area contributed by atoms with Crippen molar-refractivity contribution >= 4 is 17.2 Å². The molecule has 6 heteroatoms. The molecule has 1 N–H and O–H groups in total. The maximum Gasteiger partial charge on any atom is 0.223 e. The van der Waals surface area contributed by atoms with Crippen LogP contribution in [-0.4, -0.2) is 33.6 Å². The second kappa shape index (κ2) is 8.09. The molecule has 0 bridgehead atoms. The molecule has 0 saturated carbocycles. The lowest BCUT2D eigenvalue weighted by Crippen LogP contribution is -2.41. The minimum absolute atomic E-state index is 0.0328. The van der Waals surface area contributed by atoms with Gasteiger partial charge < -0.3 is 10.2 Å². The monoisotopic (exact) mass is 403 g/mol. The van der Waals surface area contributed by atoms with Crippen molar-refractivity contribution in [2.75, 3.05) is 18.0 Å². The van der Waals surface area contributed by atoms with Gasteiger partial charge in [0.2, 0.25) is 5.91 Å². The van der Waals surface area contributed by atoms with Crippen LogP contribution in [-0.2, 0) is 17.6 Å². The Morgan fingerprint density at radius 3 is 2.70 bits per heavy atom. The summed E-state index contributed by atoms with van der Waals surface area (Å²) in [7, 11) is 0. The zero-order chi connectivity index (χ0) is 20.5. The summed E-state index contributed by atoms with van der Waals surface area (Å²) in [5.74, 6) is 1.26. The number of benzene rings is 1. The highest BCUT2D eigenvalue weighted by Crippen LogP contribution is 2.32. The average molecular weight is 404 g/mol. The molecule has 3 heterocycles. The van der Waals surface area contributed by atoms with Crippen LogP contribution in [0.25, 0.3) is 5.52 Å². The number of anilines is 1. The fourth-order valence-corrected chi connectivity index (χ4v) is 4.89. The van der Waals surface area contributed by atoms with Gasteiger partial charge in [0, 0.05) is 37.0 Å². The normalized spacial score (nSPS) is 18.2. The van der Waals surface area contributed by atoms with Gasteiger partial charge in [-0.15, -0.1) is 0 Å². The van der Waals surface area contributed by atoms with Crippen molar-refractivity contribution in [3.05, 3.63) is 59.5 Å². The first kappa shape index (κ1) is 19.1. The molecule has 6 nitrogen and oxygen atoms in total. The first-order valence-electron chi connectivity index (χ1n) is 11.2. The van der Waals surface area contributed by atoms with Gasteiger partial charge in [0.1, 0.15) is 5.52 Å². The Balaban J connectivity index is 1.27. The Morgan fingerprint density at radius 2 is 1.90 bits per heavy atom. The number of fused-ring (bicyclic) bond motifs is 3. The number of nitrogens with one attached hydrogen (secondary N) is 1. The Morgan fingerprint density at radius 1 is 1.13 bits per heavy atom. The summed E-state index contributed by atoms with van der Waals surface area (Å²) < 4.78 is 2.01. The van der Waals surface area contributed by atoms with Crippen LogP contribution in [0.3, 0.4) is 0 Å². The number of nitrogens with zero attached hydrogens (tertiary/aromatic N) is 4. The van der Waals surface area contributed by atoms with Gasteiger partial charge in [0.05, 0.1) is 11.7 Å². The lowest BCUT2D eigenvalue weighted by Gasteiger charge is -2.33. The number of piperidine rings is 1. The summed E-state index contributed by atoms with van der Waals surface area (Å²) in [6.45, 7) is 3.75. The SMILES string of the molecule is C[C@@H](NC(=O)C1CCN(c2nccn3nc4c(c23)CCCC4)CC1)c1ccccc1. The number of carbonyl (C=O) groups is 1. The van der Waals surface area contributed by atoms with Gasteiger partial charge in [0.25, 0.3) is 0 Å². The first-order valence-corrected chi connectivity index (χ1v) is 11.2. The molecule has 1 aromatic carbocycles. The fraction of sp³-hybridized carbons (Fsp3) is 0.458. The Bertz CT molecular complexity index is 1040. The van der Waals surface area contributed by atoms with Crippen molar-refractivity contribution in [1.82, 2.24) is 19.9 Å². The third kappa shape index (κ3) is 3.55. The Hall–Kier alpha value is -2.89. The van der Waals surface area contributed by atoms with Gasteiger partial charge in [0.15, 0.2) is 5.82 Å². The van der Waals surface area contributed by atoms with Gasteiger partial charge in [-0.2, -0.15) is 5.10 Å². The molecule has 2 aromatic heterocycles. The molecule has 0 radical (unpaired) electrons. The molecule has 0 unspecified atom stereocenters. The van der Waals surface area contributed by atoms with E-state index in [1.54, 1.807) is 0 Å². The summed E-state index contributed by atoms with van der Waals surface area (Å²) in [5.41, 5.74) is 4.93. The van der Waals surface area contributed by atoms with Crippen LogP contribution in [0.2, 0.25) is 0 Å². The molecule has 1 atom stereocenters.